The summed E-state index contributed by atoms with van der Waals surface area (Å²) >= 11 is 0. The molecular formula is C15H19N3O2. The summed E-state index contributed by atoms with van der Waals surface area (Å²) in [4.78, 5) is 8.62. The van der Waals surface area contributed by atoms with Crippen LogP contribution in [0.3, 0.4) is 0 Å². The van der Waals surface area contributed by atoms with Crippen LogP contribution in [0.1, 0.15) is 18.3 Å². The number of pyridine rings is 2. The first kappa shape index (κ1) is 14.3. The molecule has 0 aliphatic carbocycles. The van der Waals surface area contributed by atoms with Gasteiger partial charge < -0.3 is 14.8 Å². The summed E-state index contributed by atoms with van der Waals surface area (Å²) in [5.41, 5.74) is 1.82. The van der Waals surface area contributed by atoms with Gasteiger partial charge in [0.2, 0.25) is 5.88 Å². The van der Waals surface area contributed by atoms with Gasteiger partial charge in [0, 0.05) is 12.6 Å². The van der Waals surface area contributed by atoms with Gasteiger partial charge in [-0.2, -0.15) is 0 Å². The minimum absolute atomic E-state index is 0.394. The molecule has 0 saturated heterocycles. The van der Waals surface area contributed by atoms with Crippen LogP contribution in [0.15, 0.2) is 36.5 Å². The number of methoxy groups -OCH3 is 1. The van der Waals surface area contributed by atoms with E-state index in [4.69, 9.17) is 9.47 Å². The van der Waals surface area contributed by atoms with Crippen molar-refractivity contribution >= 4 is 0 Å². The van der Waals surface area contributed by atoms with Crippen molar-refractivity contribution in [2.24, 2.45) is 0 Å². The lowest BCUT2D eigenvalue weighted by Crippen LogP contribution is -2.12. The van der Waals surface area contributed by atoms with Crippen molar-refractivity contribution in [3.05, 3.63) is 47.9 Å². The van der Waals surface area contributed by atoms with E-state index in [1.807, 2.05) is 24.3 Å². The third-order valence-corrected chi connectivity index (χ3v) is 2.73. The lowest BCUT2D eigenvalue weighted by molar-refractivity contribution is 0.296. The number of ether oxygens (including phenoxy) is 2. The summed E-state index contributed by atoms with van der Waals surface area (Å²) in [6.45, 7) is 4.17. The molecule has 0 saturated carbocycles. The number of nitrogens with zero attached hydrogens (tertiary/aromatic N) is 2. The number of aromatic nitrogens is 2. The van der Waals surface area contributed by atoms with Crippen LogP contribution in [0.5, 0.6) is 11.6 Å². The first-order valence-corrected chi connectivity index (χ1v) is 6.60. The van der Waals surface area contributed by atoms with Crippen molar-refractivity contribution in [3.8, 4) is 11.6 Å². The van der Waals surface area contributed by atoms with Gasteiger partial charge in [-0.25, -0.2) is 4.98 Å². The van der Waals surface area contributed by atoms with Crippen molar-refractivity contribution < 1.29 is 9.47 Å². The summed E-state index contributed by atoms with van der Waals surface area (Å²) in [5, 5.41) is 3.23. The summed E-state index contributed by atoms with van der Waals surface area (Å²) in [6, 6.07) is 9.47. The smallest absolute Gasteiger partial charge is 0.213 e. The number of rotatable bonds is 7. The highest BCUT2D eigenvalue weighted by molar-refractivity contribution is 5.21. The molecule has 20 heavy (non-hydrogen) atoms. The Hall–Kier alpha value is -2.14. The lowest BCUT2D eigenvalue weighted by Gasteiger charge is -2.07. The molecule has 5 heteroatoms. The molecule has 0 aliphatic heterocycles. The highest BCUT2D eigenvalue weighted by atomic mass is 16.5. The molecule has 0 amide bonds. The van der Waals surface area contributed by atoms with Crippen molar-refractivity contribution in [1.29, 1.82) is 0 Å². The first-order chi connectivity index (χ1) is 9.81. The average molecular weight is 273 g/mol. The van der Waals surface area contributed by atoms with Gasteiger partial charge in [0.05, 0.1) is 24.7 Å². The summed E-state index contributed by atoms with van der Waals surface area (Å²) in [7, 11) is 1.60. The summed E-state index contributed by atoms with van der Waals surface area (Å²) < 4.78 is 10.7. The largest absolute Gasteiger partial charge is 0.486 e. The van der Waals surface area contributed by atoms with E-state index in [1.165, 1.54) is 0 Å². The third kappa shape index (κ3) is 4.20. The van der Waals surface area contributed by atoms with Gasteiger partial charge in [0.1, 0.15) is 12.4 Å². The Kier molecular flexibility index (Phi) is 5.32. The van der Waals surface area contributed by atoms with Gasteiger partial charge in [0.25, 0.3) is 0 Å². The first-order valence-electron chi connectivity index (χ1n) is 6.60. The Bertz CT molecular complexity index is 529. The van der Waals surface area contributed by atoms with Gasteiger partial charge in [0.15, 0.2) is 0 Å². The van der Waals surface area contributed by atoms with E-state index in [1.54, 1.807) is 19.4 Å². The van der Waals surface area contributed by atoms with E-state index in [-0.39, 0.29) is 0 Å². The van der Waals surface area contributed by atoms with Crippen LogP contribution in [0, 0.1) is 0 Å². The number of nitrogens with one attached hydrogen (secondary N) is 1. The minimum Gasteiger partial charge on any atom is -0.486 e. The predicted molar refractivity (Wildman–Crippen MR) is 76.7 cm³/mol. The molecule has 106 valence electrons. The Morgan fingerprint density at radius 2 is 2.05 bits per heavy atom. The maximum Gasteiger partial charge on any atom is 0.213 e. The van der Waals surface area contributed by atoms with Crippen LogP contribution in [-0.2, 0) is 13.2 Å². The molecular weight excluding hydrogens is 254 g/mol. The molecule has 2 aromatic heterocycles. The Morgan fingerprint density at radius 1 is 1.15 bits per heavy atom. The topological polar surface area (TPSA) is 56.3 Å². The highest BCUT2D eigenvalue weighted by Gasteiger charge is 2.00. The van der Waals surface area contributed by atoms with Crippen molar-refractivity contribution in [2.45, 2.75) is 20.1 Å². The second-order valence-corrected chi connectivity index (χ2v) is 4.23. The molecule has 0 aliphatic rings. The van der Waals surface area contributed by atoms with Crippen molar-refractivity contribution in [3.63, 3.8) is 0 Å². The fourth-order valence-electron chi connectivity index (χ4n) is 1.66. The van der Waals surface area contributed by atoms with E-state index in [0.717, 1.165) is 30.2 Å². The molecule has 2 heterocycles. The zero-order valence-corrected chi connectivity index (χ0v) is 11.8. The minimum atomic E-state index is 0.394. The molecule has 0 fully saturated rings. The highest BCUT2D eigenvalue weighted by Crippen LogP contribution is 2.13. The molecule has 5 nitrogen and oxygen atoms in total. The maximum atomic E-state index is 5.65. The van der Waals surface area contributed by atoms with Crippen LogP contribution in [-0.4, -0.2) is 23.6 Å². The van der Waals surface area contributed by atoms with Gasteiger partial charge >= 0.3 is 0 Å². The fourth-order valence-corrected chi connectivity index (χ4v) is 1.66. The molecule has 0 unspecified atom stereocenters. The number of hydrogen-bond donors (Lipinski definition) is 1. The van der Waals surface area contributed by atoms with Crippen LogP contribution in [0.2, 0.25) is 0 Å². The van der Waals surface area contributed by atoms with Gasteiger partial charge in [-0.05, 0) is 24.7 Å². The SMILES string of the molecule is CCNCc1ccc(OCc2cccc(OC)n2)cn1. The summed E-state index contributed by atoms with van der Waals surface area (Å²) in [5.74, 6) is 1.32. The molecule has 0 atom stereocenters. The molecule has 2 rings (SSSR count). The van der Waals surface area contributed by atoms with E-state index < -0.39 is 0 Å². The Morgan fingerprint density at radius 3 is 2.75 bits per heavy atom. The van der Waals surface area contributed by atoms with Crippen molar-refractivity contribution in [1.82, 2.24) is 15.3 Å². The van der Waals surface area contributed by atoms with E-state index >= 15 is 0 Å². The second kappa shape index (κ2) is 7.45. The van der Waals surface area contributed by atoms with Crippen LogP contribution in [0.4, 0.5) is 0 Å². The predicted octanol–water partition coefficient (Wildman–Crippen LogP) is 2.17. The van der Waals surface area contributed by atoms with Gasteiger partial charge in [-0.1, -0.05) is 13.0 Å². The molecule has 0 bridgehead atoms. The maximum absolute atomic E-state index is 5.65. The standard InChI is InChI=1S/C15H19N3O2/c1-3-16-9-12-7-8-14(10-17-12)20-11-13-5-4-6-15(18-13)19-2/h4-8,10,16H,3,9,11H2,1-2H3. The van der Waals surface area contributed by atoms with Crippen LogP contribution < -0.4 is 14.8 Å². The molecule has 1 N–H and O–H groups in total. The fraction of sp³-hybridized carbons (Fsp3) is 0.333. The number of hydrogen-bond acceptors (Lipinski definition) is 5. The Balaban J connectivity index is 1.89. The van der Waals surface area contributed by atoms with E-state index in [0.29, 0.717) is 12.5 Å². The normalized spacial score (nSPS) is 10.3. The zero-order valence-electron chi connectivity index (χ0n) is 11.8. The van der Waals surface area contributed by atoms with Crippen LogP contribution in [0.25, 0.3) is 0 Å². The quantitative estimate of drug-likeness (QED) is 0.838. The van der Waals surface area contributed by atoms with Gasteiger partial charge in [-0.3, -0.25) is 4.98 Å². The monoisotopic (exact) mass is 273 g/mol. The van der Waals surface area contributed by atoms with E-state index in [2.05, 4.69) is 22.2 Å². The molecule has 0 radical (unpaired) electrons. The molecule has 0 spiro atoms. The average Bonchev–Trinajstić information content (AvgIpc) is 2.52. The van der Waals surface area contributed by atoms with E-state index in [9.17, 15) is 0 Å². The van der Waals surface area contributed by atoms with Crippen LogP contribution >= 0.6 is 0 Å². The Labute approximate surface area is 119 Å². The third-order valence-electron chi connectivity index (χ3n) is 2.73. The zero-order chi connectivity index (χ0) is 14.2. The molecule has 2 aromatic rings. The van der Waals surface area contributed by atoms with Crippen molar-refractivity contribution in [2.75, 3.05) is 13.7 Å². The van der Waals surface area contributed by atoms with Gasteiger partial charge in [-0.15, -0.1) is 0 Å². The summed E-state index contributed by atoms with van der Waals surface area (Å²) in [6.07, 6.45) is 1.73. The molecule has 0 aromatic carbocycles. The lowest BCUT2D eigenvalue weighted by atomic mass is 10.3. The second-order valence-electron chi connectivity index (χ2n) is 4.23.